The van der Waals surface area contributed by atoms with Crippen LogP contribution in [0.1, 0.15) is 27.2 Å². The molecule has 1 unspecified atom stereocenters. The Morgan fingerprint density at radius 3 is 2.24 bits per heavy atom. The Morgan fingerprint density at radius 1 is 1.19 bits per heavy atom. The molecule has 1 atom stereocenters. The Hall–Kier alpha value is -1.75. The highest BCUT2D eigenvalue weighted by Gasteiger charge is 2.23. The smallest absolute Gasteiger partial charge is 0.263 e. The molecule has 5 heteroatoms. The average Bonchev–Trinajstić information content (AvgIpc) is 2.47. The third kappa shape index (κ3) is 5.27. The number of aliphatic hydroxyl groups is 1. The molecule has 0 aliphatic rings. The zero-order valence-electron chi connectivity index (χ0n) is 13.2. The maximum absolute atomic E-state index is 12.4. The molecule has 0 aliphatic heterocycles. The first-order valence-corrected chi connectivity index (χ1v) is 7.21. The fourth-order valence-corrected chi connectivity index (χ4v) is 2.01. The number of carbonyl (C=O) groups is 1. The molecule has 1 aromatic carbocycles. The van der Waals surface area contributed by atoms with Crippen LogP contribution in [0, 0.1) is 0 Å². The molecule has 118 valence electrons. The number of aliphatic hydroxyl groups excluding tert-OH is 1. The SMILES string of the molecule is COc1ccc(OC(C)C(=O)N(CCCO)C(C)C)cc1. The molecule has 0 radical (unpaired) electrons. The summed E-state index contributed by atoms with van der Waals surface area (Å²) in [5.41, 5.74) is 0. The van der Waals surface area contributed by atoms with Gasteiger partial charge >= 0.3 is 0 Å². The Morgan fingerprint density at radius 2 is 1.76 bits per heavy atom. The highest BCUT2D eigenvalue weighted by atomic mass is 16.5. The van der Waals surface area contributed by atoms with Gasteiger partial charge in [-0.15, -0.1) is 0 Å². The lowest BCUT2D eigenvalue weighted by molar-refractivity contribution is -0.139. The maximum atomic E-state index is 12.4. The van der Waals surface area contributed by atoms with Crippen molar-refractivity contribution in [2.45, 2.75) is 39.3 Å². The van der Waals surface area contributed by atoms with Crippen LogP contribution in [-0.2, 0) is 4.79 Å². The first-order chi connectivity index (χ1) is 9.99. The van der Waals surface area contributed by atoms with E-state index in [1.165, 1.54) is 0 Å². The van der Waals surface area contributed by atoms with Crippen LogP contribution >= 0.6 is 0 Å². The molecule has 1 rings (SSSR count). The van der Waals surface area contributed by atoms with E-state index in [1.807, 2.05) is 13.8 Å². The van der Waals surface area contributed by atoms with Crippen LogP contribution in [0.2, 0.25) is 0 Å². The van der Waals surface area contributed by atoms with Gasteiger partial charge in [-0.3, -0.25) is 4.79 Å². The predicted molar refractivity (Wildman–Crippen MR) is 81.6 cm³/mol. The van der Waals surface area contributed by atoms with Gasteiger partial charge in [0.25, 0.3) is 5.91 Å². The number of benzene rings is 1. The second-order valence-electron chi connectivity index (χ2n) is 5.14. The Balaban J connectivity index is 2.66. The summed E-state index contributed by atoms with van der Waals surface area (Å²) in [7, 11) is 1.60. The molecule has 0 aromatic heterocycles. The standard InChI is InChI=1S/C16H25NO4/c1-12(2)17(10-5-11-18)16(19)13(3)21-15-8-6-14(20-4)7-9-15/h6-9,12-13,18H,5,10-11H2,1-4H3. The van der Waals surface area contributed by atoms with Gasteiger partial charge in [-0.2, -0.15) is 0 Å². The van der Waals surface area contributed by atoms with Crippen LogP contribution in [-0.4, -0.2) is 48.3 Å². The van der Waals surface area contributed by atoms with Gasteiger partial charge in [0.15, 0.2) is 6.10 Å². The van der Waals surface area contributed by atoms with E-state index in [1.54, 1.807) is 43.2 Å². The van der Waals surface area contributed by atoms with Gasteiger partial charge in [-0.1, -0.05) is 0 Å². The number of hydrogen-bond acceptors (Lipinski definition) is 4. The summed E-state index contributed by atoms with van der Waals surface area (Å²) in [6.45, 7) is 6.25. The summed E-state index contributed by atoms with van der Waals surface area (Å²) in [5, 5.41) is 8.92. The number of nitrogens with zero attached hydrogens (tertiary/aromatic N) is 1. The van der Waals surface area contributed by atoms with Gasteiger partial charge in [0.2, 0.25) is 0 Å². The Kier molecular flexibility index (Phi) is 7.02. The van der Waals surface area contributed by atoms with Crippen LogP contribution < -0.4 is 9.47 Å². The van der Waals surface area contributed by atoms with Crippen LogP contribution in [0.4, 0.5) is 0 Å². The largest absolute Gasteiger partial charge is 0.497 e. The maximum Gasteiger partial charge on any atom is 0.263 e. The van der Waals surface area contributed by atoms with Gasteiger partial charge in [-0.05, 0) is 51.5 Å². The van der Waals surface area contributed by atoms with E-state index in [2.05, 4.69) is 0 Å². The molecule has 1 aromatic rings. The van der Waals surface area contributed by atoms with E-state index >= 15 is 0 Å². The van der Waals surface area contributed by atoms with Crippen molar-refractivity contribution in [2.24, 2.45) is 0 Å². The van der Waals surface area contributed by atoms with E-state index in [9.17, 15) is 4.79 Å². The van der Waals surface area contributed by atoms with E-state index in [-0.39, 0.29) is 18.6 Å². The zero-order valence-corrected chi connectivity index (χ0v) is 13.2. The highest BCUT2D eigenvalue weighted by molar-refractivity contribution is 5.81. The van der Waals surface area contributed by atoms with E-state index < -0.39 is 6.10 Å². The lowest BCUT2D eigenvalue weighted by Gasteiger charge is -2.29. The molecule has 1 amide bonds. The van der Waals surface area contributed by atoms with Crippen LogP contribution in [0.15, 0.2) is 24.3 Å². The molecule has 0 saturated carbocycles. The summed E-state index contributed by atoms with van der Waals surface area (Å²) in [6.07, 6.45) is -0.00129. The summed E-state index contributed by atoms with van der Waals surface area (Å²) < 4.78 is 10.8. The van der Waals surface area contributed by atoms with Gasteiger partial charge in [-0.25, -0.2) is 0 Å². The fraction of sp³-hybridized carbons (Fsp3) is 0.562. The summed E-state index contributed by atoms with van der Waals surface area (Å²) >= 11 is 0. The minimum Gasteiger partial charge on any atom is -0.497 e. The second kappa shape index (κ2) is 8.52. The summed E-state index contributed by atoms with van der Waals surface area (Å²) in [5.74, 6) is 1.30. The average molecular weight is 295 g/mol. The van der Waals surface area contributed by atoms with Crippen molar-refractivity contribution >= 4 is 5.91 Å². The van der Waals surface area contributed by atoms with Crippen molar-refractivity contribution in [2.75, 3.05) is 20.3 Å². The second-order valence-corrected chi connectivity index (χ2v) is 5.14. The molecule has 21 heavy (non-hydrogen) atoms. The van der Waals surface area contributed by atoms with Crippen molar-refractivity contribution in [1.82, 2.24) is 4.90 Å². The lowest BCUT2D eigenvalue weighted by atomic mass is 10.2. The minimum absolute atomic E-state index is 0.0736. The molecule has 0 spiro atoms. The number of rotatable bonds is 8. The molecular formula is C16H25NO4. The topological polar surface area (TPSA) is 59.0 Å². The summed E-state index contributed by atoms with van der Waals surface area (Å²) in [4.78, 5) is 14.1. The quantitative estimate of drug-likeness (QED) is 0.798. The minimum atomic E-state index is -0.570. The van der Waals surface area contributed by atoms with Crippen molar-refractivity contribution in [1.29, 1.82) is 0 Å². The molecule has 0 heterocycles. The number of methoxy groups -OCH3 is 1. The third-order valence-corrected chi connectivity index (χ3v) is 3.18. The zero-order chi connectivity index (χ0) is 15.8. The van der Waals surface area contributed by atoms with Crippen molar-refractivity contribution in [3.63, 3.8) is 0 Å². The highest BCUT2D eigenvalue weighted by Crippen LogP contribution is 2.19. The summed E-state index contributed by atoms with van der Waals surface area (Å²) in [6, 6.07) is 7.20. The number of ether oxygens (including phenoxy) is 2. The first-order valence-electron chi connectivity index (χ1n) is 7.21. The van der Waals surface area contributed by atoms with Gasteiger partial charge in [0.1, 0.15) is 11.5 Å². The van der Waals surface area contributed by atoms with Gasteiger partial charge < -0.3 is 19.5 Å². The van der Waals surface area contributed by atoms with Crippen LogP contribution in [0.3, 0.4) is 0 Å². The van der Waals surface area contributed by atoms with Crippen molar-refractivity contribution in [3.05, 3.63) is 24.3 Å². The monoisotopic (exact) mass is 295 g/mol. The molecule has 0 fully saturated rings. The molecule has 0 aliphatic carbocycles. The molecule has 0 bridgehead atoms. The molecular weight excluding hydrogens is 270 g/mol. The fourth-order valence-electron chi connectivity index (χ4n) is 2.01. The van der Waals surface area contributed by atoms with E-state index in [4.69, 9.17) is 14.6 Å². The van der Waals surface area contributed by atoms with E-state index in [0.717, 1.165) is 5.75 Å². The first kappa shape index (κ1) is 17.3. The lowest BCUT2D eigenvalue weighted by Crippen LogP contribution is -2.45. The van der Waals surface area contributed by atoms with Crippen molar-refractivity contribution < 1.29 is 19.4 Å². The normalized spacial score (nSPS) is 12.1. The van der Waals surface area contributed by atoms with Crippen LogP contribution in [0.5, 0.6) is 11.5 Å². The third-order valence-electron chi connectivity index (χ3n) is 3.18. The number of amides is 1. The number of carbonyl (C=O) groups excluding carboxylic acids is 1. The Labute approximate surface area is 126 Å². The molecule has 0 saturated heterocycles. The van der Waals surface area contributed by atoms with Gasteiger partial charge in [0.05, 0.1) is 7.11 Å². The molecule has 5 nitrogen and oxygen atoms in total. The van der Waals surface area contributed by atoms with Crippen molar-refractivity contribution in [3.8, 4) is 11.5 Å². The van der Waals surface area contributed by atoms with Gasteiger partial charge in [0, 0.05) is 19.2 Å². The number of hydrogen-bond donors (Lipinski definition) is 1. The Bertz CT molecular complexity index is 430. The predicted octanol–water partition coefficient (Wildman–Crippen LogP) is 2.08. The van der Waals surface area contributed by atoms with E-state index in [0.29, 0.717) is 18.7 Å². The van der Waals surface area contributed by atoms with Crippen LogP contribution in [0.25, 0.3) is 0 Å². The molecule has 1 N–H and O–H groups in total.